The molecule has 0 radical (unpaired) electrons. The molecule has 1 aliphatic rings. The summed E-state index contributed by atoms with van der Waals surface area (Å²) >= 11 is 0. The maximum absolute atomic E-state index is 12.1. The lowest BCUT2D eigenvalue weighted by atomic mass is 9.98. The molecule has 2 rings (SSSR count). The van der Waals surface area contributed by atoms with Crippen LogP contribution in [0.4, 0.5) is 0 Å². The van der Waals surface area contributed by atoms with Crippen molar-refractivity contribution in [2.24, 2.45) is 0 Å². The molecule has 1 aromatic rings. The molecule has 0 bridgehead atoms. The molecule has 0 aromatic heterocycles. The molecule has 1 aromatic carbocycles. The second-order valence-corrected chi connectivity index (χ2v) is 5.46. The van der Waals surface area contributed by atoms with Gasteiger partial charge in [0.15, 0.2) is 0 Å². The molecule has 116 valence electrons. The van der Waals surface area contributed by atoms with E-state index < -0.39 is 0 Å². The van der Waals surface area contributed by atoms with E-state index in [2.05, 4.69) is 4.90 Å². The second kappa shape index (κ2) is 7.54. The number of aliphatic hydroxyl groups is 1. The number of nitrogens with zero attached hydrogens (tertiary/aromatic N) is 1. The third kappa shape index (κ3) is 4.27. The van der Waals surface area contributed by atoms with Crippen molar-refractivity contribution in [3.63, 3.8) is 0 Å². The first kappa shape index (κ1) is 15.9. The van der Waals surface area contributed by atoms with Crippen molar-refractivity contribution in [2.45, 2.75) is 25.0 Å². The van der Waals surface area contributed by atoms with E-state index in [9.17, 15) is 9.90 Å². The van der Waals surface area contributed by atoms with Crippen molar-refractivity contribution in [1.29, 1.82) is 0 Å². The zero-order valence-electron chi connectivity index (χ0n) is 12.6. The molecule has 0 spiro atoms. The minimum absolute atomic E-state index is 0.00489. The predicted octanol–water partition coefficient (Wildman–Crippen LogP) is 1.02. The Morgan fingerprint density at radius 1 is 1.43 bits per heavy atom. The van der Waals surface area contributed by atoms with Crippen LogP contribution in [0.5, 0.6) is 0 Å². The summed E-state index contributed by atoms with van der Waals surface area (Å²) < 4.78 is 10.6. The molecule has 0 saturated carbocycles. The summed E-state index contributed by atoms with van der Waals surface area (Å²) in [6.07, 6.45) is -0.146. The number of esters is 1. The molecule has 0 aliphatic carbocycles. The lowest BCUT2D eigenvalue weighted by molar-refractivity contribution is -0.144. The summed E-state index contributed by atoms with van der Waals surface area (Å²) in [6, 6.07) is 9.65. The molecule has 1 heterocycles. The number of hydrogen-bond acceptors (Lipinski definition) is 5. The van der Waals surface area contributed by atoms with E-state index in [1.54, 1.807) is 0 Å². The highest BCUT2D eigenvalue weighted by Crippen LogP contribution is 2.21. The van der Waals surface area contributed by atoms with E-state index in [4.69, 9.17) is 9.47 Å². The zero-order chi connectivity index (χ0) is 15.2. The smallest absolute Gasteiger partial charge is 0.314 e. The molecular formula is C16H23NO4. The largest absolute Gasteiger partial charge is 0.469 e. The van der Waals surface area contributed by atoms with Gasteiger partial charge in [0.2, 0.25) is 0 Å². The van der Waals surface area contributed by atoms with Crippen LogP contribution < -0.4 is 0 Å². The molecule has 1 N–H and O–H groups in total. The van der Waals surface area contributed by atoms with E-state index in [1.165, 1.54) is 7.11 Å². The Balaban J connectivity index is 2.10. The number of aliphatic hydroxyl groups excluding tert-OH is 1. The van der Waals surface area contributed by atoms with Crippen molar-refractivity contribution >= 4 is 5.97 Å². The number of rotatable bonds is 5. The third-order valence-electron chi connectivity index (χ3n) is 3.73. The first-order chi connectivity index (χ1) is 10.1. The first-order valence-corrected chi connectivity index (χ1v) is 7.25. The number of carbonyl (C=O) groups is 1. The van der Waals surface area contributed by atoms with Gasteiger partial charge in [0, 0.05) is 19.6 Å². The Morgan fingerprint density at radius 2 is 2.14 bits per heavy atom. The number of hydrogen-bond donors (Lipinski definition) is 1. The van der Waals surface area contributed by atoms with Crippen LogP contribution in [-0.4, -0.2) is 61.5 Å². The van der Waals surface area contributed by atoms with Gasteiger partial charge in [-0.2, -0.15) is 0 Å². The summed E-state index contributed by atoms with van der Waals surface area (Å²) in [5.74, 6) is -0.554. The van der Waals surface area contributed by atoms with E-state index in [0.717, 1.165) is 12.1 Å². The number of ether oxygens (including phenoxy) is 2. The van der Waals surface area contributed by atoms with Crippen molar-refractivity contribution in [1.82, 2.24) is 4.90 Å². The number of benzene rings is 1. The molecule has 1 saturated heterocycles. The van der Waals surface area contributed by atoms with E-state index in [1.807, 2.05) is 37.3 Å². The number of morpholine rings is 1. The maximum atomic E-state index is 12.1. The molecular weight excluding hydrogens is 270 g/mol. The van der Waals surface area contributed by atoms with Crippen molar-refractivity contribution in [3.8, 4) is 0 Å². The Labute approximate surface area is 125 Å². The lowest BCUT2D eigenvalue weighted by Gasteiger charge is -2.37. The van der Waals surface area contributed by atoms with Gasteiger partial charge in [-0.1, -0.05) is 30.3 Å². The van der Waals surface area contributed by atoms with Crippen LogP contribution in [0.2, 0.25) is 0 Å². The molecule has 3 atom stereocenters. The van der Waals surface area contributed by atoms with Gasteiger partial charge < -0.3 is 14.6 Å². The fourth-order valence-electron chi connectivity index (χ4n) is 2.79. The van der Waals surface area contributed by atoms with E-state index in [0.29, 0.717) is 13.1 Å². The number of carbonyl (C=O) groups excluding carboxylic acids is 1. The Kier molecular flexibility index (Phi) is 5.73. The molecule has 3 unspecified atom stereocenters. The minimum atomic E-state index is -0.319. The summed E-state index contributed by atoms with van der Waals surface area (Å²) in [5, 5.41) is 9.29. The summed E-state index contributed by atoms with van der Waals surface area (Å²) in [6.45, 7) is 3.92. The highest BCUT2D eigenvalue weighted by atomic mass is 16.5. The van der Waals surface area contributed by atoms with Crippen LogP contribution in [0.25, 0.3) is 0 Å². The maximum Gasteiger partial charge on any atom is 0.314 e. The third-order valence-corrected chi connectivity index (χ3v) is 3.73. The first-order valence-electron chi connectivity index (χ1n) is 7.25. The van der Waals surface area contributed by atoms with Crippen molar-refractivity contribution in [3.05, 3.63) is 35.9 Å². The number of methoxy groups -OCH3 is 1. The highest BCUT2D eigenvalue weighted by Gasteiger charge is 2.30. The molecule has 5 heteroatoms. The average molecular weight is 293 g/mol. The molecule has 21 heavy (non-hydrogen) atoms. The standard InChI is InChI=1S/C16H23NO4/c1-12-8-17(9-14(11-18)21-12)10-15(16(19)20-2)13-6-4-3-5-7-13/h3-7,12,14-15,18H,8-11H2,1-2H3. The topological polar surface area (TPSA) is 59.0 Å². The fourth-order valence-corrected chi connectivity index (χ4v) is 2.79. The average Bonchev–Trinajstić information content (AvgIpc) is 2.52. The van der Waals surface area contributed by atoms with E-state index in [-0.39, 0.29) is 30.7 Å². The SMILES string of the molecule is COC(=O)C(CN1CC(C)OC(CO)C1)c1ccccc1. The predicted molar refractivity (Wildman–Crippen MR) is 79.1 cm³/mol. The van der Waals surface area contributed by atoms with Crippen molar-refractivity contribution in [2.75, 3.05) is 33.4 Å². The van der Waals surface area contributed by atoms with Gasteiger partial charge in [0.05, 0.1) is 31.8 Å². The van der Waals surface area contributed by atoms with Crippen LogP contribution in [0.1, 0.15) is 18.4 Å². The molecule has 1 aliphatic heterocycles. The Morgan fingerprint density at radius 3 is 2.76 bits per heavy atom. The van der Waals surface area contributed by atoms with Crippen LogP contribution >= 0.6 is 0 Å². The monoisotopic (exact) mass is 293 g/mol. The lowest BCUT2D eigenvalue weighted by Crippen LogP contribution is -2.49. The Bertz CT molecular complexity index is 451. The fraction of sp³-hybridized carbons (Fsp3) is 0.562. The van der Waals surface area contributed by atoms with Gasteiger partial charge in [0.1, 0.15) is 0 Å². The molecule has 0 amide bonds. The van der Waals surface area contributed by atoms with E-state index >= 15 is 0 Å². The van der Waals surface area contributed by atoms with Crippen LogP contribution in [-0.2, 0) is 14.3 Å². The minimum Gasteiger partial charge on any atom is -0.469 e. The zero-order valence-corrected chi connectivity index (χ0v) is 12.6. The van der Waals surface area contributed by atoms with Crippen LogP contribution in [0.3, 0.4) is 0 Å². The summed E-state index contributed by atoms with van der Waals surface area (Å²) in [7, 11) is 1.41. The molecule has 5 nitrogen and oxygen atoms in total. The Hall–Kier alpha value is -1.43. The van der Waals surface area contributed by atoms with Gasteiger partial charge in [-0.3, -0.25) is 9.69 Å². The summed E-state index contributed by atoms with van der Waals surface area (Å²) in [5.41, 5.74) is 0.948. The van der Waals surface area contributed by atoms with Gasteiger partial charge in [0.25, 0.3) is 0 Å². The summed E-state index contributed by atoms with van der Waals surface area (Å²) in [4.78, 5) is 14.2. The molecule has 1 fully saturated rings. The van der Waals surface area contributed by atoms with Gasteiger partial charge in [-0.05, 0) is 12.5 Å². The quantitative estimate of drug-likeness (QED) is 0.822. The normalized spacial score (nSPS) is 24.5. The second-order valence-electron chi connectivity index (χ2n) is 5.46. The highest BCUT2D eigenvalue weighted by molar-refractivity contribution is 5.78. The van der Waals surface area contributed by atoms with Gasteiger partial charge in [-0.25, -0.2) is 0 Å². The van der Waals surface area contributed by atoms with Crippen LogP contribution in [0, 0.1) is 0 Å². The van der Waals surface area contributed by atoms with Crippen LogP contribution in [0.15, 0.2) is 30.3 Å². The van der Waals surface area contributed by atoms with Gasteiger partial charge >= 0.3 is 5.97 Å². The van der Waals surface area contributed by atoms with Gasteiger partial charge in [-0.15, -0.1) is 0 Å². The van der Waals surface area contributed by atoms with Crippen molar-refractivity contribution < 1.29 is 19.4 Å².